The van der Waals surface area contributed by atoms with Gasteiger partial charge in [0.25, 0.3) is 0 Å². The Morgan fingerprint density at radius 1 is 1.45 bits per heavy atom. The van der Waals surface area contributed by atoms with Crippen LogP contribution in [0.15, 0.2) is 0 Å². The van der Waals surface area contributed by atoms with Crippen molar-refractivity contribution in [3.8, 4) is 12.3 Å². The average Bonchev–Trinajstić information content (AvgIpc) is 2.03. The van der Waals surface area contributed by atoms with Crippen LogP contribution in [0.5, 0.6) is 0 Å². The van der Waals surface area contributed by atoms with Crippen molar-refractivity contribution in [3.63, 3.8) is 0 Å². The highest BCUT2D eigenvalue weighted by molar-refractivity contribution is 4.90. The molecule has 1 aliphatic carbocycles. The van der Waals surface area contributed by atoms with Gasteiger partial charge in [-0.05, 0) is 12.8 Å². The van der Waals surface area contributed by atoms with Crippen molar-refractivity contribution in [3.05, 3.63) is 0 Å². The number of hydrogen-bond acceptors (Lipinski definition) is 2. The Balaban J connectivity index is 2.25. The topological polar surface area (TPSA) is 32.3 Å². The molecule has 1 fully saturated rings. The quantitative estimate of drug-likeness (QED) is 0.567. The first-order chi connectivity index (χ1) is 5.34. The third-order valence-electron chi connectivity index (χ3n) is 2.20. The zero-order chi connectivity index (χ0) is 8.10. The van der Waals surface area contributed by atoms with Crippen LogP contribution in [-0.2, 0) is 0 Å². The molecule has 2 nitrogen and oxygen atoms in total. The Hall–Kier alpha value is -0.520. The lowest BCUT2D eigenvalue weighted by Gasteiger charge is -2.27. The van der Waals surface area contributed by atoms with Gasteiger partial charge in [-0.1, -0.05) is 18.8 Å². The zero-order valence-corrected chi connectivity index (χ0v) is 6.71. The Labute approximate surface area is 68.0 Å². The molecule has 0 aromatic heterocycles. The van der Waals surface area contributed by atoms with Crippen LogP contribution in [0, 0.1) is 12.3 Å². The molecule has 0 heterocycles. The molecule has 1 rings (SSSR count). The fraction of sp³-hybridized carbons (Fsp3) is 0.778. The standard InChI is InChI=1S/C9H15NO/c1-2-7-10-8-5-3-4-6-9(8)11/h1,8-11H,3-7H2/t8-,9-/m0/s1. The summed E-state index contributed by atoms with van der Waals surface area (Å²) in [5.74, 6) is 2.51. The van der Waals surface area contributed by atoms with E-state index in [1.165, 1.54) is 6.42 Å². The summed E-state index contributed by atoms with van der Waals surface area (Å²) in [5.41, 5.74) is 0. The molecule has 0 saturated heterocycles. The SMILES string of the molecule is C#CCN[C@H]1CCCC[C@@H]1O. The third kappa shape index (κ3) is 2.53. The molecule has 1 aliphatic rings. The van der Waals surface area contributed by atoms with Gasteiger partial charge >= 0.3 is 0 Å². The molecule has 2 heteroatoms. The summed E-state index contributed by atoms with van der Waals surface area (Å²) in [7, 11) is 0. The van der Waals surface area contributed by atoms with Crippen LogP contribution in [0.2, 0.25) is 0 Å². The second-order valence-corrected chi connectivity index (χ2v) is 3.04. The Morgan fingerprint density at radius 3 is 2.82 bits per heavy atom. The molecule has 1 saturated carbocycles. The van der Waals surface area contributed by atoms with Crippen molar-refractivity contribution >= 4 is 0 Å². The lowest BCUT2D eigenvalue weighted by atomic mass is 9.93. The summed E-state index contributed by atoms with van der Waals surface area (Å²) in [5, 5.41) is 12.6. The smallest absolute Gasteiger partial charge is 0.0693 e. The minimum Gasteiger partial charge on any atom is -0.392 e. The summed E-state index contributed by atoms with van der Waals surface area (Å²) in [6, 6.07) is 0.236. The summed E-state index contributed by atoms with van der Waals surface area (Å²) < 4.78 is 0. The molecule has 2 atom stereocenters. The summed E-state index contributed by atoms with van der Waals surface area (Å²) in [4.78, 5) is 0. The highest BCUT2D eigenvalue weighted by atomic mass is 16.3. The van der Waals surface area contributed by atoms with Gasteiger partial charge in [0, 0.05) is 6.04 Å². The number of hydrogen-bond donors (Lipinski definition) is 2. The van der Waals surface area contributed by atoms with Crippen molar-refractivity contribution < 1.29 is 5.11 Å². The Kier molecular flexibility index (Phi) is 3.41. The first-order valence-corrected chi connectivity index (χ1v) is 4.19. The lowest BCUT2D eigenvalue weighted by Crippen LogP contribution is -2.42. The minimum atomic E-state index is -0.183. The van der Waals surface area contributed by atoms with Gasteiger partial charge in [-0.3, -0.25) is 0 Å². The van der Waals surface area contributed by atoms with Crippen LogP contribution in [0.3, 0.4) is 0 Å². The van der Waals surface area contributed by atoms with Gasteiger partial charge in [0.05, 0.1) is 12.6 Å². The maximum Gasteiger partial charge on any atom is 0.0693 e. The van der Waals surface area contributed by atoms with E-state index in [2.05, 4.69) is 11.2 Å². The van der Waals surface area contributed by atoms with Gasteiger partial charge in [-0.2, -0.15) is 0 Å². The molecule has 0 aromatic rings. The van der Waals surface area contributed by atoms with E-state index in [0.717, 1.165) is 19.3 Å². The molecule has 2 N–H and O–H groups in total. The van der Waals surface area contributed by atoms with E-state index in [1.807, 2.05) is 0 Å². The van der Waals surface area contributed by atoms with Crippen LogP contribution in [0.1, 0.15) is 25.7 Å². The van der Waals surface area contributed by atoms with Gasteiger partial charge in [0.15, 0.2) is 0 Å². The van der Waals surface area contributed by atoms with E-state index in [9.17, 15) is 5.11 Å². The van der Waals surface area contributed by atoms with Crippen LogP contribution >= 0.6 is 0 Å². The minimum absolute atomic E-state index is 0.183. The molecule has 0 radical (unpaired) electrons. The lowest BCUT2D eigenvalue weighted by molar-refractivity contribution is 0.0931. The molecule has 62 valence electrons. The van der Waals surface area contributed by atoms with E-state index in [0.29, 0.717) is 6.54 Å². The first-order valence-electron chi connectivity index (χ1n) is 4.19. The third-order valence-corrected chi connectivity index (χ3v) is 2.20. The second-order valence-electron chi connectivity index (χ2n) is 3.04. The van der Waals surface area contributed by atoms with Crippen LogP contribution in [-0.4, -0.2) is 23.8 Å². The maximum atomic E-state index is 9.46. The molecule has 0 amide bonds. The second kappa shape index (κ2) is 4.38. The predicted molar refractivity (Wildman–Crippen MR) is 45.1 cm³/mol. The molecule has 11 heavy (non-hydrogen) atoms. The molecular weight excluding hydrogens is 138 g/mol. The highest BCUT2D eigenvalue weighted by Gasteiger charge is 2.21. The van der Waals surface area contributed by atoms with Gasteiger partial charge in [-0.15, -0.1) is 6.42 Å². The Bertz CT molecular complexity index is 150. The molecule has 0 unspecified atom stereocenters. The Morgan fingerprint density at radius 2 is 2.18 bits per heavy atom. The fourth-order valence-electron chi connectivity index (χ4n) is 1.54. The van der Waals surface area contributed by atoms with Gasteiger partial charge < -0.3 is 10.4 Å². The van der Waals surface area contributed by atoms with Crippen molar-refractivity contribution in [1.29, 1.82) is 0 Å². The van der Waals surface area contributed by atoms with Gasteiger partial charge in [0.1, 0.15) is 0 Å². The van der Waals surface area contributed by atoms with Crippen molar-refractivity contribution in [2.45, 2.75) is 37.8 Å². The first kappa shape index (κ1) is 8.58. The van der Waals surface area contributed by atoms with E-state index in [1.54, 1.807) is 0 Å². The molecule has 0 bridgehead atoms. The van der Waals surface area contributed by atoms with Crippen molar-refractivity contribution in [2.75, 3.05) is 6.54 Å². The molecule has 0 spiro atoms. The van der Waals surface area contributed by atoms with Crippen LogP contribution in [0.25, 0.3) is 0 Å². The molecular formula is C9H15NO. The summed E-state index contributed by atoms with van der Waals surface area (Å²) in [6.45, 7) is 0.571. The van der Waals surface area contributed by atoms with Crippen LogP contribution in [0.4, 0.5) is 0 Å². The fourth-order valence-corrected chi connectivity index (χ4v) is 1.54. The van der Waals surface area contributed by atoms with E-state index < -0.39 is 0 Å². The predicted octanol–water partition coefficient (Wildman–Crippen LogP) is 0.513. The van der Waals surface area contributed by atoms with Crippen molar-refractivity contribution in [1.82, 2.24) is 5.32 Å². The number of nitrogens with one attached hydrogen (secondary N) is 1. The maximum absolute atomic E-state index is 9.46. The molecule has 0 aliphatic heterocycles. The highest BCUT2D eigenvalue weighted by Crippen LogP contribution is 2.17. The van der Waals surface area contributed by atoms with Crippen molar-refractivity contribution in [2.24, 2.45) is 0 Å². The number of aliphatic hydroxyl groups excluding tert-OH is 1. The normalized spacial score (nSPS) is 31.3. The van der Waals surface area contributed by atoms with E-state index >= 15 is 0 Å². The van der Waals surface area contributed by atoms with Gasteiger partial charge in [-0.25, -0.2) is 0 Å². The van der Waals surface area contributed by atoms with E-state index in [4.69, 9.17) is 6.42 Å². The summed E-state index contributed by atoms with van der Waals surface area (Å²) in [6.07, 6.45) is 9.25. The number of terminal acetylenes is 1. The van der Waals surface area contributed by atoms with Gasteiger partial charge in [0.2, 0.25) is 0 Å². The molecule has 0 aromatic carbocycles. The zero-order valence-electron chi connectivity index (χ0n) is 6.71. The number of rotatable bonds is 2. The summed E-state index contributed by atoms with van der Waals surface area (Å²) >= 11 is 0. The average molecular weight is 153 g/mol. The number of aliphatic hydroxyl groups is 1. The van der Waals surface area contributed by atoms with E-state index in [-0.39, 0.29) is 12.1 Å². The van der Waals surface area contributed by atoms with Crippen LogP contribution < -0.4 is 5.32 Å². The largest absolute Gasteiger partial charge is 0.392 e. The monoisotopic (exact) mass is 153 g/mol.